The molecular formula is C27H23N3O2S. The molecular weight excluding hydrogens is 430 g/mol. The smallest absolute Gasteiger partial charge is 0.263 e. The largest absolute Gasteiger partial charge is 0.284 e. The summed E-state index contributed by atoms with van der Waals surface area (Å²) in [6.45, 7) is 4.07. The molecule has 164 valence electrons. The van der Waals surface area contributed by atoms with Gasteiger partial charge in [0.25, 0.3) is 5.69 Å². The summed E-state index contributed by atoms with van der Waals surface area (Å²) in [5.74, 6) is 0.687. The van der Waals surface area contributed by atoms with E-state index in [1.54, 1.807) is 12.1 Å². The zero-order chi connectivity index (χ0) is 23.2. The summed E-state index contributed by atoms with van der Waals surface area (Å²) >= 11 is 1.29. The van der Waals surface area contributed by atoms with Crippen LogP contribution in [0.4, 0.5) is 17.1 Å². The summed E-state index contributed by atoms with van der Waals surface area (Å²) in [6, 6.07) is 32.7. The summed E-state index contributed by atoms with van der Waals surface area (Å²) in [6.07, 6.45) is 0. The van der Waals surface area contributed by atoms with Gasteiger partial charge in [-0.25, -0.2) is 4.99 Å². The van der Waals surface area contributed by atoms with Crippen LogP contribution in [0.3, 0.4) is 0 Å². The number of benzene rings is 4. The second-order valence-electron chi connectivity index (χ2n) is 7.58. The minimum Gasteiger partial charge on any atom is -0.263 e. The Hall–Kier alpha value is -3.90. The van der Waals surface area contributed by atoms with Gasteiger partial charge in [0.1, 0.15) is 4.90 Å². The molecule has 0 spiro atoms. The molecule has 0 aliphatic heterocycles. The van der Waals surface area contributed by atoms with Crippen LogP contribution in [-0.4, -0.2) is 10.8 Å². The predicted octanol–water partition coefficient (Wildman–Crippen LogP) is 7.50. The summed E-state index contributed by atoms with van der Waals surface area (Å²) in [5, 5.41) is 11.7. The van der Waals surface area contributed by atoms with Crippen molar-refractivity contribution in [3.63, 3.8) is 0 Å². The lowest BCUT2D eigenvalue weighted by molar-refractivity contribution is -0.387. The molecule has 4 rings (SSSR count). The number of para-hydroxylation sites is 1. The number of amidine groups is 1. The summed E-state index contributed by atoms with van der Waals surface area (Å²) in [4.78, 5) is 16.9. The number of hydrogen-bond donors (Lipinski definition) is 0. The van der Waals surface area contributed by atoms with Crippen LogP contribution < -0.4 is 4.31 Å². The van der Waals surface area contributed by atoms with Crippen molar-refractivity contribution in [2.45, 2.75) is 18.7 Å². The highest BCUT2D eigenvalue weighted by Crippen LogP contribution is 2.37. The van der Waals surface area contributed by atoms with Crippen LogP contribution in [0.2, 0.25) is 0 Å². The van der Waals surface area contributed by atoms with E-state index in [2.05, 4.69) is 0 Å². The van der Waals surface area contributed by atoms with E-state index in [9.17, 15) is 10.1 Å². The number of nitrogens with zero attached hydrogens (tertiary/aromatic N) is 3. The van der Waals surface area contributed by atoms with E-state index >= 15 is 0 Å². The second-order valence-corrected chi connectivity index (χ2v) is 8.57. The third-order valence-corrected chi connectivity index (χ3v) is 6.12. The maximum absolute atomic E-state index is 11.7. The fraction of sp³-hybridized carbons (Fsp3) is 0.0741. The van der Waals surface area contributed by atoms with Crippen LogP contribution in [0.5, 0.6) is 0 Å². The normalized spacial score (nSPS) is 11.3. The lowest BCUT2D eigenvalue weighted by atomic mass is 10.1. The fourth-order valence-electron chi connectivity index (χ4n) is 3.24. The molecule has 0 aliphatic carbocycles. The number of nitro groups is 1. The molecule has 0 saturated heterocycles. The number of anilines is 1. The number of aliphatic imine (C=N–C) groups is 1. The average molecular weight is 454 g/mol. The molecule has 0 heterocycles. The molecule has 0 atom stereocenters. The Balaban J connectivity index is 1.89. The second kappa shape index (κ2) is 10.1. The van der Waals surface area contributed by atoms with Gasteiger partial charge >= 0.3 is 0 Å². The zero-order valence-electron chi connectivity index (χ0n) is 18.4. The minimum absolute atomic E-state index is 0.0577. The van der Waals surface area contributed by atoms with E-state index in [0.717, 1.165) is 28.1 Å². The van der Waals surface area contributed by atoms with Gasteiger partial charge < -0.3 is 0 Å². The van der Waals surface area contributed by atoms with Gasteiger partial charge in [-0.2, -0.15) is 0 Å². The fourth-order valence-corrected chi connectivity index (χ4v) is 4.27. The van der Waals surface area contributed by atoms with Crippen LogP contribution in [-0.2, 0) is 0 Å². The van der Waals surface area contributed by atoms with Crippen molar-refractivity contribution in [2.24, 2.45) is 4.99 Å². The van der Waals surface area contributed by atoms with E-state index in [0.29, 0.717) is 10.7 Å². The van der Waals surface area contributed by atoms with Gasteiger partial charge in [-0.05, 0) is 44.2 Å². The molecule has 0 amide bonds. The standard InChI is InChI=1S/C27H23N3O2S/c1-20-12-16-23(17-13-20)28-27(22-8-4-3-5-9-22)29(24-18-14-21(2)15-19-24)33-26-11-7-6-10-25(26)30(31)32/h3-19H,1-2H3. The first kappa shape index (κ1) is 22.3. The van der Waals surface area contributed by atoms with Crippen LogP contribution in [0.25, 0.3) is 0 Å². The van der Waals surface area contributed by atoms with Gasteiger partial charge in [-0.1, -0.05) is 77.9 Å². The Bertz CT molecular complexity index is 1270. The van der Waals surface area contributed by atoms with Crippen LogP contribution in [0.15, 0.2) is 113 Å². The average Bonchev–Trinajstić information content (AvgIpc) is 2.84. The Morgan fingerprint density at radius 2 is 1.36 bits per heavy atom. The molecule has 0 fully saturated rings. The molecule has 5 nitrogen and oxygen atoms in total. The highest BCUT2D eigenvalue weighted by atomic mass is 32.2. The quantitative estimate of drug-likeness (QED) is 0.0997. The first-order valence-corrected chi connectivity index (χ1v) is 11.3. The van der Waals surface area contributed by atoms with Crippen molar-refractivity contribution in [3.8, 4) is 0 Å². The van der Waals surface area contributed by atoms with E-state index in [-0.39, 0.29) is 10.6 Å². The van der Waals surface area contributed by atoms with Crippen molar-refractivity contribution >= 4 is 34.8 Å². The van der Waals surface area contributed by atoms with E-state index in [4.69, 9.17) is 4.99 Å². The molecule has 0 N–H and O–H groups in total. The maximum Gasteiger partial charge on any atom is 0.284 e. The zero-order valence-corrected chi connectivity index (χ0v) is 19.2. The highest BCUT2D eigenvalue weighted by Gasteiger charge is 2.22. The van der Waals surface area contributed by atoms with Gasteiger partial charge in [0.15, 0.2) is 5.84 Å². The third kappa shape index (κ3) is 5.48. The van der Waals surface area contributed by atoms with E-state index in [1.165, 1.54) is 18.0 Å². The SMILES string of the molecule is Cc1ccc(N=C(c2ccccc2)N(Sc2ccccc2[N+](=O)[O-])c2ccc(C)cc2)cc1. The highest BCUT2D eigenvalue weighted by molar-refractivity contribution is 8.01. The van der Waals surface area contributed by atoms with Gasteiger partial charge in [0.2, 0.25) is 0 Å². The molecule has 0 aromatic heterocycles. The monoisotopic (exact) mass is 453 g/mol. The number of aryl methyl sites for hydroxylation is 2. The van der Waals surface area contributed by atoms with Crippen molar-refractivity contribution in [2.75, 3.05) is 4.31 Å². The molecule has 4 aromatic rings. The Kier molecular flexibility index (Phi) is 6.86. The molecule has 33 heavy (non-hydrogen) atoms. The van der Waals surface area contributed by atoms with E-state index < -0.39 is 0 Å². The molecule has 4 aromatic carbocycles. The number of nitro benzene ring substituents is 1. The first-order valence-electron chi connectivity index (χ1n) is 10.5. The van der Waals surface area contributed by atoms with Gasteiger partial charge in [0.05, 0.1) is 16.3 Å². The summed E-state index contributed by atoms with van der Waals surface area (Å²) in [7, 11) is 0. The van der Waals surface area contributed by atoms with Gasteiger partial charge in [-0.3, -0.25) is 14.4 Å². The molecule has 6 heteroatoms. The Morgan fingerprint density at radius 1 is 0.788 bits per heavy atom. The topological polar surface area (TPSA) is 58.7 Å². The van der Waals surface area contributed by atoms with Crippen molar-refractivity contribution in [3.05, 3.63) is 130 Å². The molecule has 0 aliphatic rings. The van der Waals surface area contributed by atoms with Crippen LogP contribution in [0.1, 0.15) is 16.7 Å². The van der Waals surface area contributed by atoms with Gasteiger partial charge in [0, 0.05) is 23.6 Å². The molecule has 0 unspecified atom stereocenters. The van der Waals surface area contributed by atoms with Crippen molar-refractivity contribution < 1.29 is 4.92 Å². The Labute approximate surface area is 197 Å². The molecule has 0 radical (unpaired) electrons. The summed E-state index contributed by atoms with van der Waals surface area (Å²) in [5.41, 5.74) is 4.93. The van der Waals surface area contributed by atoms with Crippen LogP contribution >= 0.6 is 11.9 Å². The van der Waals surface area contributed by atoms with E-state index in [1.807, 2.05) is 103 Å². The minimum atomic E-state index is -0.352. The summed E-state index contributed by atoms with van der Waals surface area (Å²) < 4.78 is 1.96. The molecule has 0 bridgehead atoms. The third-order valence-electron chi connectivity index (χ3n) is 5.01. The van der Waals surface area contributed by atoms with Crippen molar-refractivity contribution in [1.82, 2.24) is 0 Å². The Morgan fingerprint density at radius 3 is 2.00 bits per heavy atom. The first-order chi connectivity index (χ1) is 16.0. The predicted molar refractivity (Wildman–Crippen MR) is 136 cm³/mol. The number of rotatable bonds is 6. The van der Waals surface area contributed by atoms with Crippen molar-refractivity contribution in [1.29, 1.82) is 0 Å². The lowest BCUT2D eigenvalue weighted by Gasteiger charge is -2.25. The maximum atomic E-state index is 11.7. The lowest BCUT2D eigenvalue weighted by Crippen LogP contribution is -2.25. The van der Waals surface area contributed by atoms with Gasteiger partial charge in [-0.15, -0.1) is 0 Å². The molecule has 0 saturated carbocycles. The van der Waals surface area contributed by atoms with Crippen LogP contribution in [0, 0.1) is 24.0 Å². The number of hydrogen-bond acceptors (Lipinski definition) is 4.